The number of rotatable bonds is 8. The molecular weight excluding hydrogens is 437 g/mol. The molecule has 3 heterocycles. The minimum atomic E-state index is -0.570. The molecule has 4 rings (SSSR count). The van der Waals surface area contributed by atoms with Gasteiger partial charge in [-0.25, -0.2) is 4.39 Å². The molecule has 8 nitrogen and oxygen atoms in total. The van der Waals surface area contributed by atoms with Crippen molar-refractivity contribution in [2.24, 2.45) is 11.7 Å². The molecule has 0 spiro atoms. The molecule has 1 aromatic carbocycles. The van der Waals surface area contributed by atoms with Crippen molar-refractivity contribution in [3.63, 3.8) is 0 Å². The Morgan fingerprint density at radius 3 is 2.79 bits per heavy atom. The van der Waals surface area contributed by atoms with Gasteiger partial charge in [0.25, 0.3) is 5.91 Å². The number of carbonyl (C=O) groups excluding carboxylic acids is 1. The van der Waals surface area contributed by atoms with Gasteiger partial charge in [-0.15, -0.1) is 0 Å². The van der Waals surface area contributed by atoms with Crippen LogP contribution in [0.4, 0.5) is 10.4 Å². The van der Waals surface area contributed by atoms with Gasteiger partial charge in [0.1, 0.15) is 11.6 Å². The number of anilines is 1. The van der Waals surface area contributed by atoms with Crippen molar-refractivity contribution in [1.82, 2.24) is 15.0 Å². The molecule has 0 bridgehead atoms. The van der Waals surface area contributed by atoms with E-state index in [1.165, 1.54) is 18.3 Å². The number of nitrogens with two attached hydrogens (primary N) is 1. The third kappa shape index (κ3) is 5.51. The van der Waals surface area contributed by atoms with Crippen LogP contribution < -0.4 is 15.4 Å². The first-order valence-electron chi connectivity index (χ1n) is 12.2. The minimum Gasteiger partial charge on any atom is -0.493 e. The normalized spacial score (nSPS) is 18.3. The highest BCUT2D eigenvalue weighted by Gasteiger charge is 2.26. The average Bonchev–Trinajstić information content (AvgIpc) is 3.52. The average molecular weight is 472 g/mol. The number of ether oxygens (including phenoxy) is 1. The van der Waals surface area contributed by atoms with Gasteiger partial charge in [0.2, 0.25) is 0 Å². The lowest BCUT2D eigenvalue weighted by Crippen LogP contribution is -2.34. The molecule has 9 heteroatoms. The molecule has 34 heavy (non-hydrogen) atoms. The van der Waals surface area contributed by atoms with Crippen LogP contribution in [0.1, 0.15) is 74.5 Å². The number of aromatic nitrogens is 2. The van der Waals surface area contributed by atoms with Gasteiger partial charge in [-0.2, -0.15) is 4.98 Å². The molecule has 0 saturated carbocycles. The van der Waals surface area contributed by atoms with Crippen LogP contribution >= 0.6 is 0 Å². The first kappa shape index (κ1) is 24.0. The lowest BCUT2D eigenvalue weighted by molar-refractivity contribution is 0.0820. The molecule has 184 valence electrons. The van der Waals surface area contributed by atoms with Gasteiger partial charge in [0.05, 0.1) is 12.2 Å². The smallest absolute Gasteiger partial charge is 0.324 e. The maximum absolute atomic E-state index is 14.6. The van der Waals surface area contributed by atoms with E-state index in [9.17, 15) is 9.18 Å². The van der Waals surface area contributed by atoms with Crippen molar-refractivity contribution in [3.05, 3.63) is 47.3 Å². The fraction of sp³-hybridized carbons (Fsp3) is 0.560. The molecule has 0 atom stereocenters. The van der Waals surface area contributed by atoms with Crippen LogP contribution in [-0.4, -0.2) is 47.2 Å². The summed E-state index contributed by atoms with van der Waals surface area (Å²) in [6.45, 7) is 6.99. The summed E-state index contributed by atoms with van der Waals surface area (Å²) in [7, 11) is 0. The largest absolute Gasteiger partial charge is 0.493 e. The molecule has 2 aliphatic rings. The third-order valence-electron chi connectivity index (χ3n) is 6.63. The van der Waals surface area contributed by atoms with E-state index in [-0.39, 0.29) is 17.4 Å². The number of halogens is 1. The van der Waals surface area contributed by atoms with E-state index in [0.717, 1.165) is 63.1 Å². The number of allylic oxidation sites excluding steroid dienone is 1. The maximum Gasteiger partial charge on any atom is 0.324 e. The molecule has 2 saturated heterocycles. The second-order valence-electron chi connectivity index (χ2n) is 9.37. The minimum absolute atomic E-state index is 0.0436. The summed E-state index contributed by atoms with van der Waals surface area (Å²) >= 11 is 0. The van der Waals surface area contributed by atoms with Crippen molar-refractivity contribution in [3.8, 4) is 5.75 Å². The number of piperidine rings is 1. The monoisotopic (exact) mass is 471 g/mol. The fourth-order valence-corrected chi connectivity index (χ4v) is 4.57. The summed E-state index contributed by atoms with van der Waals surface area (Å²) < 4.78 is 25.8. The Bertz CT molecular complexity index is 1010. The molecule has 2 fully saturated rings. The number of hydrogen-bond acceptors (Lipinski definition) is 7. The van der Waals surface area contributed by atoms with Crippen molar-refractivity contribution in [2.45, 2.75) is 58.3 Å². The van der Waals surface area contributed by atoms with Crippen LogP contribution in [0.25, 0.3) is 0 Å². The Morgan fingerprint density at radius 1 is 1.32 bits per heavy atom. The molecular formula is C25H34FN5O3. The zero-order valence-corrected chi connectivity index (χ0v) is 20.0. The predicted octanol–water partition coefficient (Wildman–Crippen LogP) is 4.44. The zero-order valence-electron chi connectivity index (χ0n) is 20.0. The quantitative estimate of drug-likeness (QED) is 0.568. The summed E-state index contributed by atoms with van der Waals surface area (Å²) in [5.74, 6) is 1.14. The van der Waals surface area contributed by atoms with Gasteiger partial charge in [-0.3, -0.25) is 4.79 Å². The van der Waals surface area contributed by atoms with Crippen molar-refractivity contribution in [1.29, 1.82) is 0 Å². The second kappa shape index (κ2) is 10.9. The third-order valence-corrected chi connectivity index (χ3v) is 6.63. The van der Waals surface area contributed by atoms with Gasteiger partial charge in [-0.1, -0.05) is 19.0 Å². The van der Waals surface area contributed by atoms with Gasteiger partial charge < -0.3 is 24.8 Å². The Morgan fingerprint density at radius 2 is 2.12 bits per heavy atom. The van der Waals surface area contributed by atoms with E-state index in [1.807, 2.05) is 0 Å². The van der Waals surface area contributed by atoms with Gasteiger partial charge in [-0.05, 0) is 56.6 Å². The first-order chi connectivity index (χ1) is 16.5. The SMILES string of the molecule is CC(C)c1noc(N2CCC(CCCOc3ccc(C(=O)N4CCC/C4=C\N)c(F)c3)CC2)n1. The molecule has 0 aliphatic carbocycles. The Balaban J connectivity index is 1.19. The Kier molecular flexibility index (Phi) is 7.70. The molecule has 0 unspecified atom stereocenters. The Hall–Kier alpha value is -3.10. The van der Waals surface area contributed by atoms with Crippen LogP contribution in [-0.2, 0) is 0 Å². The highest BCUT2D eigenvalue weighted by atomic mass is 19.1. The second-order valence-corrected chi connectivity index (χ2v) is 9.37. The zero-order chi connectivity index (χ0) is 24.1. The van der Waals surface area contributed by atoms with Crippen molar-refractivity contribution >= 4 is 11.9 Å². The van der Waals surface area contributed by atoms with E-state index in [0.29, 0.717) is 30.8 Å². The topological polar surface area (TPSA) is 97.7 Å². The van der Waals surface area contributed by atoms with Crippen LogP contribution in [0.2, 0.25) is 0 Å². The predicted molar refractivity (Wildman–Crippen MR) is 127 cm³/mol. The number of benzene rings is 1. The summed E-state index contributed by atoms with van der Waals surface area (Å²) in [5.41, 5.74) is 6.37. The van der Waals surface area contributed by atoms with Crippen molar-refractivity contribution < 1.29 is 18.4 Å². The molecule has 2 aromatic rings. The number of hydrogen-bond donors (Lipinski definition) is 1. The highest BCUT2D eigenvalue weighted by Crippen LogP contribution is 2.27. The lowest BCUT2D eigenvalue weighted by atomic mass is 9.92. The molecule has 1 amide bonds. The maximum atomic E-state index is 14.6. The van der Waals surface area contributed by atoms with E-state index in [2.05, 4.69) is 28.9 Å². The highest BCUT2D eigenvalue weighted by molar-refractivity contribution is 5.96. The molecule has 2 aliphatic heterocycles. The fourth-order valence-electron chi connectivity index (χ4n) is 4.57. The summed E-state index contributed by atoms with van der Waals surface area (Å²) in [6.07, 6.45) is 7.09. The number of nitrogens with zero attached hydrogens (tertiary/aromatic N) is 4. The van der Waals surface area contributed by atoms with E-state index >= 15 is 0 Å². The summed E-state index contributed by atoms with van der Waals surface area (Å²) in [5, 5.41) is 4.05. The Labute approximate surface area is 199 Å². The number of likely N-dealkylation sites (tertiary alicyclic amines) is 1. The summed E-state index contributed by atoms with van der Waals surface area (Å²) in [4.78, 5) is 20.9. The first-order valence-corrected chi connectivity index (χ1v) is 12.2. The van der Waals surface area contributed by atoms with E-state index in [4.69, 9.17) is 15.0 Å². The van der Waals surface area contributed by atoms with Crippen molar-refractivity contribution in [2.75, 3.05) is 31.1 Å². The molecule has 0 radical (unpaired) electrons. The molecule has 1 aromatic heterocycles. The van der Waals surface area contributed by atoms with Gasteiger partial charge in [0, 0.05) is 43.5 Å². The standard InChI is InChI=1S/C25H34FN5O3/c1-17(2)23-28-25(34-29-23)30-12-9-18(10-13-30)5-4-14-33-20-7-8-21(22(26)15-20)24(32)31-11-3-6-19(31)16-27/h7-8,15-18H,3-6,9-14,27H2,1-2H3/b19-16+. The van der Waals surface area contributed by atoms with E-state index in [1.54, 1.807) is 11.0 Å². The summed E-state index contributed by atoms with van der Waals surface area (Å²) in [6, 6.07) is 5.07. The lowest BCUT2D eigenvalue weighted by Gasteiger charge is -2.30. The van der Waals surface area contributed by atoms with E-state index < -0.39 is 5.82 Å². The molecule has 2 N–H and O–H groups in total. The number of carbonyl (C=O) groups is 1. The van der Waals surface area contributed by atoms with Crippen LogP contribution in [0.5, 0.6) is 5.75 Å². The van der Waals surface area contributed by atoms with Crippen LogP contribution in [0.3, 0.4) is 0 Å². The van der Waals surface area contributed by atoms with Gasteiger partial charge >= 0.3 is 6.01 Å². The van der Waals surface area contributed by atoms with Gasteiger partial charge in [0.15, 0.2) is 5.82 Å². The van der Waals surface area contributed by atoms with Crippen LogP contribution in [0.15, 0.2) is 34.6 Å². The number of amides is 1. The van der Waals surface area contributed by atoms with Crippen LogP contribution in [0, 0.1) is 11.7 Å².